The molecule has 0 saturated heterocycles. The molecule has 8 heteroatoms. The van der Waals surface area contributed by atoms with Crippen molar-refractivity contribution in [1.29, 1.82) is 10.5 Å². The van der Waals surface area contributed by atoms with E-state index < -0.39 is 0 Å². The van der Waals surface area contributed by atoms with Crippen molar-refractivity contribution >= 4 is 21.6 Å². The number of H-pyrrole nitrogens is 2. The minimum atomic E-state index is -0.308. The first kappa shape index (κ1) is 16.0. The molecule has 0 aliphatic rings. The van der Waals surface area contributed by atoms with E-state index in [4.69, 9.17) is 0 Å². The maximum absolute atomic E-state index is 11.5. The smallest absolute Gasteiger partial charge is 0.249 e. The largest absolute Gasteiger partial charge is 0.315 e. The van der Waals surface area contributed by atoms with Gasteiger partial charge < -0.3 is 9.97 Å². The Morgan fingerprint density at radius 1 is 0.864 bits per heavy atom. The van der Waals surface area contributed by atoms with Crippen molar-refractivity contribution in [2.45, 2.75) is 23.9 Å². The minimum Gasteiger partial charge on any atom is -0.315 e. The molecule has 0 spiro atoms. The van der Waals surface area contributed by atoms with Gasteiger partial charge in [0, 0.05) is 12.1 Å². The highest BCUT2D eigenvalue weighted by atomic mass is 33.1. The fourth-order valence-corrected chi connectivity index (χ4v) is 4.08. The number of hydrogen-bond donors (Lipinski definition) is 2. The molecule has 0 saturated carbocycles. The summed E-state index contributed by atoms with van der Waals surface area (Å²) in [5, 5.41) is 19.1. The Bertz CT molecular complexity index is 854. The third-order valence-corrected chi connectivity index (χ3v) is 5.12. The molecule has 0 aliphatic heterocycles. The van der Waals surface area contributed by atoms with Crippen LogP contribution in [0.15, 0.2) is 31.8 Å². The van der Waals surface area contributed by atoms with Crippen LogP contribution < -0.4 is 11.1 Å². The molecule has 0 aliphatic carbocycles. The van der Waals surface area contributed by atoms with E-state index in [1.54, 1.807) is 13.8 Å². The van der Waals surface area contributed by atoms with E-state index in [2.05, 4.69) is 9.97 Å². The van der Waals surface area contributed by atoms with Crippen molar-refractivity contribution in [2.24, 2.45) is 0 Å². The third-order valence-electron chi connectivity index (χ3n) is 2.84. The summed E-state index contributed by atoms with van der Waals surface area (Å²) in [6.07, 6.45) is 0. The summed E-state index contributed by atoms with van der Waals surface area (Å²) in [5.41, 5.74) is 1.27. The van der Waals surface area contributed by atoms with Gasteiger partial charge in [-0.05, 0) is 46.6 Å². The Kier molecular flexibility index (Phi) is 4.76. The van der Waals surface area contributed by atoms with Gasteiger partial charge in [-0.1, -0.05) is 0 Å². The zero-order chi connectivity index (χ0) is 16.3. The van der Waals surface area contributed by atoms with Gasteiger partial charge in [-0.3, -0.25) is 9.59 Å². The Labute approximate surface area is 133 Å². The van der Waals surface area contributed by atoms with Crippen molar-refractivity contribution < 1.29 is 0 Å². The molecule has 0 radical (unpaired) electrons. The highest BCUT2D eigenvalue weighted by Gasteiger charge is 2.13. The quantitative estimate of drug-likeness (QED) is 0.834. The van der Waals surface area contributed by atoms with Crippen LogP contribution in [0.5, 0.6) is 0 Å². The summed E-state index contributed by atoms with van der Waals surface area (Å²) in [5.74, 6) is 0. The maximum Gasteiger partial charge on any atom is 0.249 e. The lowest BCUT2D eigenvalue weighted by molar-refractivity contribution is 1.04. The number of nitrogens with zero attached hydrogens (tertiary/aromatic N) is 2. The average molecular weight is 330 g/mol. The molecule has 2 heterocycles. The van der Waals surface area contributed by atoms with Crippen molar-refractivity contribution in [3.8, 4) is 12.1 Å². The van der Waals surface area contributed by atoms with Crippen LogP contribution >= 0.6 is 21.6 Å². The first-order chi connectivity index (χ1) is 10.5. The van der Waals surface area contributed by atoms with Gasteiger partial charge in [0.1, 0.15) is 22.2 Å². The predicted molar refractivity (Wildman–Crippen MR) is 84.7 cm³/mol. The van der Waals surface area contributed by atoms with Crippen molar-refractivity contribution in [3.05, 3.63) is 55.1 Å². The Morgan fingerprint density at radius 2 is 1.23 bits per heavy atom. The second-order valence-electron chi connectivity index (χ2n) is 4.43. The molecule has 0 bridgehead atoms. The number of nitrogens with one attached hydrogen (secondary N) is 2. The van der Waals surface area contributed by atoms with E-state index in [1.807, 2.05) is 12.1 Å². The Balaban J connectivity index is 2.41. The molecule has 0 aromatic carbocycles. The van der Waals surface area contributed by atoms with Crippen molar-refractivity contribution in [1.82, 2.24) is 9.97 Å². The standard InChI is InChI=1S/C14H10N4O2S2/c1-7-3-11(19)17-13(9(7)5-15)21-22-14-10(6-16)8(2)4-12(20)18-14/h3-4H,1-2H3,(H,17,19)(H,18,20). The van der Waals surface area contributed by atoms with Crippen LogP contribution in [-0.4, -0.2) is 9.97 Å². The summed E-state index contributed by atoms with van der Waals surface area (Å²) in [4.78, 5) is 28.2. The number of hydrogen-bond acceptors (Lipinski definition) is 6. The molecule has 0 unspecified atom stereocenters. The van der Waals surface area contributed by atoms with Crippen LogP contribution in [0.2, 0.25) is 0 Å². The number of aromatic nitrogens is 2. The maximum atomic E-state index is 11.5. The zero-order valence-corrected chi connectivity index (χ0v) is 13.3. The molecular formula is C14H10N4O2S2. The number of aryl methyl sites for hydroxylation is 2. The molecule has 0 atom stereocenters. The van der Waals surface area contributed by atoms with Gasteiger partial charge in [0.25, 0.3) is 0 Å². The average Bonchev–Trinajstić information content (AvgIpc) is 2.44. The minimum absolute atomic E-state index is 0.308. The molecule has 0 amide bonds. The fraction of sp³-hybridized carbons (Fsp3) is 0.143. The second kappa shape index (κ2) is 6.56. The number of aromatic amines is 2. The summed E-state index contributed by atoms with van der Waals surface area (Å²) >= 11 is 0. The highest BCUT2D eigenvalue weighted by molar-refractivity contribution is 8.76. The van der Waals surface area contributed by atoms with Crippen LogP contribution in [-0.2, 0) is 0 Å². The van der Waals surface area contributed by atoms with E-state index in [9.17, 15) is 20.1 Å². The van der Waals surface area contributed by atoms with Gasteiger partial charge in [0.2, 0.25) is 11.1 Å². The normalized spacial score (nSPS) is 10.0. The Hall–Kier alpha value is -2.42. The molecule has 0 fully saturated rings. The lowest BCUT2D eigenvalue weighted by Gasteiger charge is -2.07. The number of nitriles is 2. The second-order valence-corrected chi connectivity index (χ2v) is 6.58. The molecule has 2 rings (SSSR count). The highest BCUT2D eigenvalue weighted by Crippen LogP contribution is 2.38. The number of rotatable bonds is 3. The molecule has 6 nitrogen and oxygen atoms in total. The molecule has 22 heavy (non-hydrogen) atoms. The lowest BCUT2D eigenvalue weighted by Crippen LogP contribution is -2.09. The lowest BCUT2D eigenvalue weighted by atomic mass is 10.2. The van der Waals surface area contributed by atoms with Crippen LogP contribution in [0.4, 0.5) is 0 Å². The van der Waals surface area contributed by atoms with E-state index in [0.717, 1.165) is 21.6 Å². The van der Waals surface area contributed by atoms with Crippen molar-refractivity contribution in [3.63, 3.8) is 0 Å². The molecule has 110 valence electrons. The predicted octanol–water partition coefficient (Wildman–Crippen LogP) is 2.22. The van der Waals surface area contributed by atoms with Gasteiger partial charge in [-0.2, -0.15) is 10.5 Å². The van der Waals surface area contributed by atoms with Gasteiger partial charge in [-0.15, -0.1) is 0 Å². The molecule has 2 aromatic heterocycles. The summed E-state index contributed by atoms with van der Waals surface area (Å²) in [6.45, 7) is 3.36. The molecular weight excluding hydrogens is 320 g/mol. The zero-order valence-electron chi connectivity index (χ0n) is 11.7. The van der Waals surface area contributed by atoms with Gasteiger partial charge in [0.15, 0.2) is 0 Å². The van der Waals surface area contributed by atoms with E-state index >= 15 is 0 Å². The molecule has 2 aromatic rings. The topological polar surface area (TPSA) is 113 Å². The first-order valence-electron chi connectivity index (χ1n) is 6.09. The van der Waals surface area contributed by atoms with Gasteiger partial charge in [-0.25, -0.2) is 0 Å². The van der Waals surface area contributed by atoms with Crippen LogP contribution in [0.1, 0.15) is 22.3 Å². The number of pyridine rings is 2. The summed E-state index contributed by atoms with van der Waals surface area (Å²) in [6, 6.07) is 6.77. The monoisotopic (exact) mass is 330 g/mol. The SMILES string of the molecule is Cc1cc(=O)[nH]c(SSc2[nH]c(=O)cc(C)c2C#N)c1C#N. The van der Waals surface area contributed by atoms with E-state index in [-0.39, 0.29) is 11.1 Å². The van der Waals surface area contributed by atoms with Crippen LogP contribution in [0, 0.1) is 36.5 Å². The van der Waals surface area contributed by atoms with E-state index in [1.165, 1.54) is 12.1 Å². The van der Waals surface area contributed by atoms with Gasteiger partial charge >= 0.3 is 0 Å². The first-order valence-corrected chi connectivity index (χ1v) is 8.23. The summed E-state index contributed by atoms with van der Waals surface area (Å²) in [7, 11) is 2.23. The summed E-state index contributed by atoms with van der Waals surface area (Å²) < 4.78 is 0. The van der Waals surface area contributed by atoms with E-state index in [0.29, 0.717) is 32.3 Å². The van der Waals surface area contributed by atoms with Gasteiger partial charge in [0.05, 0.1) is 11.1 Å². The molecule has 2 N–H and O–H groups in total. The van der Waals surface area contributed by atoms with Crippen LogP contribution in [0.25, 0.3) is 0 Å². The van der Waals surface area contributed by atoms with Crippen molar-refractivity contribution in [2.75, 3.05) is 0 Å². The van der Waals surface area contributed by atoms with Crippen LogP contribution in [0.3, 0.4) is 0 Å². The third kappa shape index (κ3) is 3.25. The Morgan fingerprint density at radius 3 is 1.55 bits per heavy atom. The fourth-order valence-electron chi connectivity index (χ4n) is 1.80.